The van der Waals surface area contributed by atoms with Gasteiger partial charge in [0.25, 0.3) is 0 Å². The largest absolute Gasteiger partial charge is 0.367 e. The van der Waals surface area contributed by atoms with Gasteiger partial charge in [0.15, 0.2) is 5.82 Å². The Bertz CT molecular complexity index is 656. The molecule has 0 spiro atoms. The van der Waals surface area contributed by atoms with Crippen LogP contribution in [0.3, 0.4) is 0 Å². The van der Waals surface area contributed by atoms with Crippen LogP contribution in [-0.4, -0.2) is 15.2 Å². The number of aromatic nitrogens is 3. The minimum absolute atomic E-state index is 0.547. The molecule has 0 fully saturated rings. The minimum atomic E-state index is 0.547. The average Bonchev–Trinajstić information content (AvgIpc) is 3.03. The molecule has 0 saturated heterocycles. The van der Waals surface area contributed by atoms with Crippen molar-refractivity contribution in [3.8, 4) is 11.3 Å². The molecule has 2 aromatic heterocycles. The van der Waals surface area contributed by atoms with Crippen molar-refractivity contribution < 1.29 is 0 Å². The maximum absolute atomic E-state index is 5.57. The first-order chi connectivity index (χ1) is 9.85. The van der Waals surface area contributed by atoms with Crippen molar-refractivity contribution in [3.05, 3.63) is 60.4 Å². The zero-order valence-corrected chi connectivity index (χ0v) is 10.9. The highest BCUT2D eigenvalue weighted by Gasteiger charge is 2.01. The quantitative estimate of drug-likeness (QED) is 0.677. The standard InChI is InChI=1S/C15H15N5/c16-9-11-1-3-13(4-2-11)18-15-6-5-14(19-20-15)12-7-8-17-10-12/h1-8,10,17H,9,16H2,(H,18,20). The molecule has 5 nitrogen and oxygen atoms in total. The third-order valence-corrected chi connectivity index (χ3v) is 3.02. The third-order valence-electron chi connectivity index (χ3n) is 3.02. The lowest BCUT2D eigenvalue weighted by atomic mass is 10.2. The van der Waals surface area contributed by atoms with E-state index in [1.165, 1.54) is 0 Å². The van der Waals surface area contributed by atoms with Gasteiger partial charge in [0.2, 0.25) is 0 Å². The van der Waals surface area contributed by atoms with E-state index >= 15 is 0 Å². The lowest BCUT2D eigenvalue weighted by Crippen LogP contribution is -1.98. The summed E-state index contributed by atoms with van der Waals surface area (Å²) in [5, 5.41) is 11.6. The Labute approximate surface area is 116 Å². The third kappa shape index (κ3) is 2.67. The van der Waals surface area contributed by atoms with Gasteiger partial charge in [-0.2, -0.15) is 0 Å². The van der Waals surface area contributed by atoms with E-state index in [2.05, 4.69) is 20.5 Å². The molecule has 20 heavy (non-hydrogen) atoms. The van der Waals surface area contributed by atoms with Gasteiger partial charge in [0, 0.05) is 30.2 Å². The highest BCUT2D eigenvalue weighted by molar-refractivity contribution is 5.61. The van der Waals surface area contributed by atoms with E-state index in [1.807, 2.05) is 54.9 Å². The van der Waals surface area contributed by atoms with E-state index in [4.69, 9.17) is 5.73 Å². The molecule has 3 aromatic rings. The number of nitrogens with one attached hydrogen (secondary N) is 2. The smallest absolute Gasteiger partial charge is 0.153 e. The lowest BCUT2D eigenvalue weighted by molar-refractivity contribution is 1.04. The molecule has 100 valence electrons. The van der Waals surface area contributed by atoms with E-state index in [0.29, 0.717) is 12.4 Å². The highest BCUT2D eigenvalue weighted by Crippen LogP contribution is 2.18. The first-order valence-electron chi connectivity index (χ1n) is 6.38. The SMILES string of the molecule is NCc1ccc(Nc2ccc(-c3cc[nH]c3)nn2)cc1. The molecule has 0 radical (unpaired) electrons. The van der Waals surface area contributed by atoms with E-state index in [9.17, 15) is 0 Å². The highest BCUT2D eigenvalue weighted by atomic mass is 15.2. The number of hydrogen-bond donors (Lipinski definition) is 3. The maximum atomic E-state index is 5.57. The summed E-state index contributed by atoms with van der Waals surface area (Å²) in [6, 6.07) is 13.7. The fourth-order valence-electron chi connectivity index (χ4n) is 1.91. The van der Waals surface area contributed by atoms with Gasteiger partial charge in [-0.1, -0.05) is 12.1 Å². The normalized spacial score (nSPS) is 10.4. The summed E-state index contributed by atoms with van der Waals surface area (Å²) < 4.78 is 0. The molecule has 3 rings (SSSR count). The first-order valence-corrected chi connectivity index (χ1v) is 6.38. The van der Waals surface area contributed by atoms with Gasteiger partial charge in [-0.25, -0.2) is 0 Å². The van der Waals surface area contributed by atoms with Crippen LogP contribution < -0.4 is 11.1 Å². The van der Waals surface area contributed by atoms with Crippen LogP contribution in [0.25, 0.3) is 11.3 Å². The molecule has 1 aromatic carbocycles. The second-order valence-corrected chi connectivity index (χ2v) is 4.43. The van der Waals surface area contributed by atoms with E-state index < -0.39 is 0 Å². The summed E-state index contributed by atoms with van der Waals surface area (Å²) in [6.07, 6.45) is 3.75. The summed E-state index contributed by atoms with van der Waals surface area (Å²) in [6.45, 7) is 0.547. The van der Waals surface area contributed by atoms with Crippen molar-refractivity contribution in [3.63, 3.8) is 0 Å². The molecule has 0 unspecified atom stereocenters. The topological polar surface area (TPSA) is 79.6 Å². The number of rotatable bonds is 4. The van der Waals surface area contributed by atoms with Gasteiger partial charge in [0.1, 0.15) is 0 Å². The fraction of sp³-hybridized carbons (Fsp3) is 0.0667. The van der Waals surface area contributed by atoms with Crippen molar-refractivity contribution in [2.45, 2.75) is 6.54 Å². The summed E-state index contributed by atoms with van der Waals surface area (Å²) in [7, 11) is 0. The number of H-pyrrole nitrogens is 1. The number of anilines is 2. The zero-order valence-electron chi connectivity index (χ0n) is 10.9. The van der Waals surface area contributed by atoms with Crippen molar-refractivity contribution in [2.75, 3.05) is 5.32 Å². The van der Waals surface area contributed by atoms with Crippen LogP contribution in [0.5, 0.6) is 0 Å². The molecule has 4 N–H and O–H groups in total. The van der Waals surface area contributed by atoms with Gasteiger partial charge in [0.05, 0.1) is 5.69 Å². The molecule has 5 heteroatoms. The van der Waals surface area contributed by atoms with Gasteiger partial charge in [-0.15, -0.1) is 10.2 Å². The predicted octanol–water partition coefficient (Wildman–Crippen LogP) is 2.67. The fourth-order valence-corrected chi connectivity index (χ4v) is 1.91. The molecular formula is C15H15N5. The molecule has 0 aliphatic rings. The molecular weight excluding hydrogens is 250 g/mol. The van der Waals surface area contributed by atoms with E-state index in [1.54, 1.807) is 0 Å². The van der Waals surface area contributed by atoms with Crippen LogP contribution in [-0.2, 0) is 6.54 Å². The van der Waals surface area contributed by atoms with E-state index in [-0.39, 0.29) is 0 Å². The molecule has 0 atom stereocenters. The van der Waals surface area contributed by atoms with Gasteiger partial charge in [-0.3, -0.25) is 0 Å². The Morgan fingerprint density at radius 2 is 1.85 bits per heavy atom. The molecule has 0 amide bonds. The molecule has 0 bridgehead atoms. The van der Waals surface area contributed by atoms with Crippen LogP contribution >= 0.6 is 0 Å². The molecule has 0 aliphatic heterocycles. The zero-order chi connectivity index (χ0) is 13.8. The summed E-state index contributed by atoms with van der Waals surface area (Å²) >= 11 is 0. The second kappa shape index (κ2) is 5.54. The van der Waals surface area contributed by atoms with Crippen molar-refractivity contribution in [1.29, 1.82) is 0 Å². The molecule has 0 saturated carbocycles. The minimum Gasteiger partial charge on any atom is -0.367 e. The Morgan fingerprint density at radius 1 is 1.00 bits per heavy atom. The van der Waals surface area contributed by atoms with Crippen LogP contribution in [0.4, 0.5) is 11.5 Å². The Morgan fingerprint density at radius 3 is 2.45 bits per heavy atom. The first kappa shape index (κ1) is 12.4. The number of aromatic amines is 1. The van der Waals surface area contributed by atoms with Crippen molar-refractivity contribution in [2.24, 2.45) is 5.73 Å². The summed E-state index contributed by atoms with van der Waals surface area (Å²) in [5.74, 6) is 0.713. The van der Waals surface area contributed by atoms with Gasteiger partial charge >= 0.3 is 0 Å². The summed E-state index contributed by atoms with van der Waals surface area (Å²) in [4.78, 5) is 3.00. The van der Waals surface area contributed by atoms with Gasteiger partial charge < -0.3 is 16.0 Å². The lowest BCUT2D eigenvalue weighted by Gasteiger charge is -2.06. The van der Waals surface area contributed by atoms with E-state index in [0.717, 1.165) is 22.5 Å². The Kier molecular flexibility index (Phi) is 3.43. The maximum Gasteiger partial charge on any atom is 0.153 e. The Hall–Kier alpha value is -2.66. The number of nitrogens with zero attached hydrogens (tertiary/aromatic N) is 2. The molecule has 0 aliphatic carbocycles. The average molecular weight is 265 g/mol. The van der Waals surface area contributed by atoms with Crippen LogP contribution in [0, 0.1) is 0 Å². The van der Waals surface area contributed by atoms with Crippen LogP contribution in [0.2, 0.25) is 0 Å². The Balaban J connectivity index is 1.74. The monoisotopic (exact) mass is 265 g/mol. The number of hydrogen-bond acceptors (Lipinski definition) is 4. The molecule has 2 heterocycles. The van der Waals surface area contributed by atoms with Crippen molar-refractivity contribution in [1.82, 2.24) is 15.2 Å². The number of benzene rings is 1. The predicted molar refractivity (Wildman–Crippen MR) is 79.4 cm³/mol. The van der Waals surface area contributed by atoms with Crippen molar-refractivity contribution >= 4 is 11.5 Å². The van der Waals surface area contributed by atoms with Crippen LogP contribution in [0.15, 0.2) is 54.9 Å². The summed E-state index contributed by atoms with van der Waals surface area (Å²) in [5.41, 5.74) is 9.50. The second-order valence-electron chi connectivity index (χ2n) is 4.43. The number of nitrogens with two attached hydrogens (primary N) is 1. The van der Waals surface area contributed by atoms with Gasteiger partial charge in [-0.05, 0) is 35.9 Å². The van der Waals surface area contributed by atoms with Crippen LogP contribution in [0.1, 0.15) is 5.56 Å².